The van der Waals surface area contributed by atoms with Gasteiger partial charge >= 0.3 is 0 Å². The van der Waals surface area contributed by atoms with E-state index in [4.69, 9.17) is 9.26 Å². The van der Waals surface area contributed by atoms with Crippen LogP contribution in [0.1, 0.15) is 35.9 Å². The van der Waals surface area contributed by atoms with E-state index in [9.17, 15) is 4.79 Å². The number of amides is 1. The molecule has 1 fully saturated rings. The van der Waals surface area contributed by atoms with Crippen LogP contribution in [-0.2, 0) is 10.5 Å². The molecule has 0 aliphatic carbocycles. The lowest BCUT2D eigenvalue weighted by atomic mass is 10.0. The van der Waals surface area contributed by atoms with E-state index in [-0.39, 0.29) is 11.4 Å². The zero-order chi connectivity index (χ0) is 19.3. The van der Waals surface area contributed by atoms with Gasteiger partial charge in [0, 0.05) is 30.1 Å². The Morgan fingerprint density at radius 3 is 2.74 bits per heavy atom. The van der Waals surface area contributed by atoms with Crippen molar-refractivity contribution >= 4 is 17.7 Å². The number of ether oxygens (including phenoxy) is 1. The number of aryl methyl sites for hydroxylation is 1. The molecule has 146 valence electrons. The highest BCUT2D eigenvalue weighted by molar-refractivity contribution is 7.98. The number of nitrogens with zero attached hydrogens (tertiary/aromatic N) is 3. The third kappa shape index (κ3) is 5.31. The zero-order valence-electron chi connectivity index (χ0n) is 16.0. The molecule has 1 aliphatic rings. The summed E-state index contributed by atoms with van der Waals surface area (Å²) in [5, 5.41) is 6.89. The number of rotatable bonds is 7. The quantitative estimate of drug-likeness (QED) is 0.728. The first-order chi connectivity index (χ1) is 13.0. The lowest BCUT2D eigenvalue weighted by Crippen LogP contribution is -2.55. The number of carbonyl (C=O) groups is 1. The fourth-order valence-corrected chi connectivity index (χ4v) is 3.88. The maximum atomic E-state index is 12.8. The molecule has 1 N–H and O–H groups in total. The molecule has 0 bridgehead atoms. The highest BCUT2D eigenvalue weighted by atomic mass is 32.2. The Hall–Kier alpha value is -1.90. The second-order valence-electron chi connectivity index (χ2n) is 7.11. The summed E-state index contributed by atoms with van der Waals surface area (Å²) in [4.78, 5) is 20.3. The minimum absolute atomic E-state index is 0.0684. The summed E-state index contributed by atoms with van der Waals surface area (Å²) in [5.41, 5.74) is 0.541. The molecule has 7 nitrogen and oxygen atoms in total. The molecular formula is C19H26N4O3S. The summed E-state index contributed by atoms with van der Waals surface area (Å²) in [6, 6.07) is 7.59. The van der Waals surface area contributed by atoms with E-state index >= 15 is 0 Å². The average Bonchev–Trinajstić information content (AvgIpc) is 3.11. The lowest BCUT2D eigenvalue weighted by molar-refractivity contribution is -0.00924. The fraction of sp³-hybridized carbons (Fsp3) is 0.526. The van der Waals surface area contributed by atoms with Crippen molar-refractivity contribution in [2.45, 2.75) is 37.0 Å². The smallest absolute Gasteiger partial charge is 0.252 e. The van der Waals surface area contributed by atoms with Crippen molar-refractivity contribution in [1.82, 2.24) is 20.4 Å². The summed E-state index contributed by atoms with van der Waals surface area (Å²) >= 11 is 1.52. The number of morpholine rings is 1. The predicted molar refractivity (Wildman–Crippen MR) is 104 cm³/mol. The SMILES string of the molecule is Cc1noc(CSc2ccccc2C(=O)NCC(C)(C)N2CCOCC2)n1. The van der Waals surface area contributed by atoms with Gasteiger partial charge in [-0.25, -0.2) is 0 Å². The molecule has 1 aliphatic heterocycles. The molecule has 2 heterocycles. The van der Waals surface area contributed by atoms with Gasteiger partial charge in [0.05, 0.1) is 24.5 Å². The van der Waals surface area contributed by atoms with Gasteiger partial charge in [0.2, 0.25) is 5.89 Å². The van der Waals surface area contributed by atoms with Crippen molar-refractivity contribution < 1.29 is 14.1 Å². The second-order valence-corrected chi connectivity index (χ2v) is 8.13. The average molecular weight is 391 g/mol. The molecule has 0 atom stereocenters. The van der Waals surface area contributed by atoms with Crippen LogP contribution in [0, 0.1) is 6.92 Å². The van der Waals surface area contributed by atoms with Crippen LogP contribution in [0.5, 0.6) is 0 Å². The summed E-state index contributed by atoms with van der Waals surface area (Å²) in [7, 11) is 0. The number of carbonyl (C=O) groups excluding carboxylic acids is 1. The van der Waals surface area contributed by atoms with Crippen molar-refractivity contribution in [3.63, 3.8) is 0 Å². The molecule has 1 saturated heterocycles. The molecule has 1 amide bonds. The van der Waals surface area contributed by atoms with Gasteiger partial charge in [-0.3, -0.25) is 9.69 Å². The van der Waals surface area contributed by atoms with Gasteiger partial charge in [0.25, 0.3) is 5.91 Å². The molecular weight excluding hydrogens is 364 g/mol. The third-order valence-electron chi connectivity index (χ3n) is 4.60. The van der Waals surface area contributed by atoms with E-state index in [1.54, 1.807) is 6.92 Å². The van der Waals surface area contributed by atoms with E-state index < -0.39 is 0 Å². The minimum atomic E-state index is -0.122. The molecule has 1 aromatic heterocycles. The normalized spacial score (nSPS) is 15.7. The number of nitrogens with one attached hydrogen (secondary N) is 1. The van der Waals surface area contributed by atoms with Gasteiger partial charge in [0.15, 0.2) is 5.82 Å². The van der Waals surface area contributed by atoms with Gasteiger partial charge in [0.1, 0.15) is 0 Å². The van der Waals surface area contributed by atoms with Crippen molar-refractivity contribution in [2.75, 3.05) is 32.8 Å². The van der Waals surface area contributed by atoms with Crippen LogP contribution < -0.4 is 5.32 Å². The molecule has 0 radical (unpaired) electrons. The van der Waals surface area contributed by atoms with Crippen LogP contribution >= 0.6 is 11.8 Å². The van der Waals surface area contributed by atoms with Gasteiger partial charge in [-0.1, -0.05) is 17.3 Å². The van der Waals surface area contributed by atoms with Crippen LogP contribution in [-0.4, -0.2) is 59.3 Å². The predicted octanol–water partition coefficient (Wildman–Crippen LogP) is 2.51. The molecule has 0 unspecified atom stereocenters. The number of benzene rings is 1. The van der Waals surface area contributed by atoms with Crippen LogP contribution in [0.3, 0.4) is 0 Å². The molecule has 1 aromatic carbocycles. The first-order valence-electron chi connectivity index (χ1n) is 9.08. The zero-order valence-corrected chi connectivity index (χ0v) is 16.8. The number of aromatic nitrogens is 2. The van der Waals surface area contributed by atoms with Gasteiger partial charge in [-0.2, -0.15) is 4.98 Å². The van der Waals surface area contributed by atoms with E-state index in [0.29, 0.717) is 29.6 Å². The molecule has 27 heavy (non-hydrogen) atoms. The maximum Gasteiger partial charge on any atom is 0.252 e. The molecule has 0 spiro atoms. The lowest BCUT2D eigenvalue weighted by Gasteiger charge is -2.40. The standard InChI is InChI=1S/C19H26N4O3S/c1-14-21-17(26-22-14)12-27-16-7-5-4-6-15(16)18(24)20-13-19(2,3)23-8-10-25-11-9-23/h4-7H,8-13H2,1-3H3,(H,20,24). The van der Waals surface area contributed by atoms with Gasteiger partial charge < -0.3 is 14.6 Å². The van der Waals surface area contributed by atoms with Crippen LogP contribution in [0.15, 0.2) is 33.7 Å². The summed E-state index contributed by atoms with van der Waals surface area (Å²) < 4.78 is 10.6. The summed E-state index contributed by atoms with van der Waals surface area (Å²) in [6.07, 6.45) is 0. The number of thioether (sulfide) groups is 1. The first-order valence-corrected chi connectivity index (χ1v) is 10.1. The molecule has 8 heteroatoms. The summed E-state index contributed by atoms with van der Waals surface area (Å²) in [5.74, 6) is 1.63. The Labute approximate surface area is 163 Å². The molecule has 3 rings (SSSR count). The molecule has 0 saturated carbocycles. The monoisotopic (exact) mass is 390 g/mol. The third-order valence-corrected chi connectivity index (χ3v) is 5.66. The maximum absolute atomic E-state index is 12.8. The highest BCUT2D eigenvalue weighted by Gasteiger charge is 2.29. The van der Waals surface area contributed by atoms with Crippen molar-refractivity contribution in [3.05, 3.63) is 41.5 Å². The number of hydrogen-bond acceptors (Lipinski definition) is 7. The Morgan fingerprint density at radius 1 is 1.30 bits per heavy atom. The first kappa shape index (κ1) is 19.9. The van der Waals surface area contributed by atoms with E-state index in [1.807, 2.05) is 24.3 Å². The Kier molecular flexibility index (Phi) is 6.51. The van der Waals surface area contributed by atoms with Crippen molar-refractivity contribution in [1.29, 1.82) is 0 Å². The van der Waals surface area contributed by atoms with E-state index in [2.05, 4.69) is 34.2 Å². The van der Waals surface area contributed by atoms with Crippen LogP contribution in [0.2, 0.25) is 0 Å². The summed E-state index contributed by atoms with van der Waals surface area (Å²) in [6.45, 7) is 9.92. The van der Waals surface area contributed by atoms with Gasteiger partial charge in [-0.05, 0) is 32.9 Å². The largest absolute Gasteiger partial charge is 0.379 e. The Balaban J connectivity index is 1.60. The molecule has 2 aromatic rings. The van der Waals surface area contributed by atoms with Crippen molar-refractivity contribution in [3.8, 4) is 0 Å². The van der Waals surface area contributed by atoms with Crippen LogP contribution in [0.25, 0.3) is 0 Å². The minimum Gasteiger partial charge on any atom is -0.379 e. The topological polar surface area (TPSA) is 80.5 Å². The number of hydrogen-bond donors (Lipinski definition) is 1. The Bertz CT molecular complexity index is 772. The second kappa shape index (κ2) is 8.86. The Morgan fingerprint density at radius 2 is 2.04 bits per heavy atom. The highest BCUT2D eigenvalue weighted by Crippen LogP contribution is 2.26. The van der Waals surface area contributed by atoms with E-state index in [0.717, 1.165) is 31.2 Å². The van der Waals surface area contributed by atoms with Gasteiger partial charge in [-0.15, -0.1) is 11.8 Å². The van der Waals surface area contributed by atoms with Crippen LogP contribution in [0.4, 0.5) is 0 Å². The van der Waals surface area contributed by atoms with E-state index in [1.165, 1.54) is 11.8 Å². The fourth-order valence-electron chi connectivity index (χ4n) is 2.99. The van der Waals surface area contributed by atoms with Crippen molar-refractivity contribution in [2.24, 2.45) is 0 Å².